The molecule has 0 aliphatic rings. The van der Waals surface area contributed by atoms with Gasteiger partial charge >= 0.3 is 5.37 Å². The number of carbonyl (C=O) groups is 1. The molecule has 0 aromatic carbocycles. The van der Waals surface area contributed by atoms with Crippen LogP contribution in [0.25, 0.3) is 0 Å². The third-order valence-electron chi connectivity index (χ3n) is 3.90. The molecule has 5 nitrogen and oxygen atoms in total. The zero-order valence-electron chi connectivity index (χ0n) is 14.6. The highest BCUT2D eigenvalue weighted by atomic mass is 35.5. The quantitative estimate of drug-likeness (QED) is 0.413. The van der Waals surface area contributed by atoms with E-state index in [0.717, 1.165) is 16.2 Å². The third-order valence-corrected chi connectivity index (χ3v) is 7.52. The number of hydrogen-bond acceptors (Lipinski definition) is 5. The molecule has 0 aliphatic carbocycles. The molecule has 0 radical (unpaired) electrons. The first-order chi connectivity index (χ1) is 12.4. The van der Waals surface area contributed by atoms with Crippen LogP contribution in [0.15, 0.2) is 35.0 Å². The van der Waals surface area contributed by atoms with E-state index in [1.807, 2.05) is 41.9 Å². The van der Waals surface area contributed by atoms with Gasteiger partial charge in [-0.05, 0) is 47.3 Å². The summed E-state index contributed by atoms with van der Waals surface area (Å²) in [6.07, 6.45) is 1.89. The normalized spacial score (nSPS) is 13.0. The van der Waals surface area contributed by atoms with Crippen LogP contribution in [0.3, 0.4) is 0 Å². The zero-order chi connectivity index (χ0) is 19.0. The molecule has 1 N–H and O–H groups in total. The van der Waals surface area contributed by atoms with Gasteiger partial charge in [0.1, 0.15) is 0 Å². The van der Waals surface area contributed by atoms with E-state index in [1.165, 1.54) is 4.31 Å². The molecular formula is C17H23ClN2O3S3. The molecule has 0 spiro atoms. The lowest BCUT2D eigenvalue weighted by Crippen LogP contribution is -2.37. The minimum absolute atomic E-state index is 0.0222. The average molecular weight is 435 g/mol. The molecule has 0 aliphatic heterocycles. The van der Waals surface area contributed by atoms with Gasteiger partial charge in [0.25, 0.3) is 0 Å². The minimum atomic E-state index is -3.47. The van der Waals surface area contributed by atoms with Gasteiger partial charge in [-0.1, -0.05) is 25.5 Å². The number of halogens is 1. The Labute approximate surface area is 168 Å². The summed E-state index contributed by atoms with van der Waals surface area (Å²) >= 11 is 8.49. The van der Waals surface area contributed by atoms with Crippen LogP contribution in [0.1, 0.15) is 35.9 Å². The van der Waals surface area contributed by atoms with E-state index in [-0.39, 0.29) is 11.8 Å². The Morgan fingerprint density at radius 1 is 1.15 bits per heavy atom. The van der Waals surface area contributed by atoms with E-state index < -0.39 is 15.4 Å². The number of amides is 1. The maximum atomic E-state index is 13.0. The predicted octanol–water partition coefficient (Wildman–Crippen LogP) is 4.65. The highest BCUT2D eigenvalue weighted by molar-refractivity contribution is 7.89. The van der Waals surface area contributed by atoms with Gasteiger partial charge in [-0.15, -0.1) is 22.7 Å². The molecule has 9 heteroatoms. The van der Waals surface area contributed by atoms with Crippen LogP contribution in [0.4, 0.5) is 4.79 Å². The van der Waals surface area contributed by atoms with Crippen molar-refractivity contribution in [1.29, 1.82) is 0 Å². The van der Waals surface area contributed by atoms with E-state index in [2.05, 4.69) is 5.32 Å². The highest BCUT2D eigenvalue weighted by Crippen LogP contribution is 2.21. The SMILES string of the molecule is CCCC(CCS(=O)(=O)N(Cc1cccs1)Cc1cccs1)NC(=O)Cl. The van der Waals surface area contributed by atoms with Crippen LogP contribution >= 0.6 is 34.3 Å². The molecule has 0 saturated carbocycles. The Hall–Kier alpha value is -0.930. The van der Waals surface area contributed by atoms with Crippen LogP contribution < -0.4 is 5.32 Å². The van der Waals surface area contributed by atoms with Gasteiger partial charge in [-0.3, -0.25) is 4.79 Å². The second-order valence-electron chi connectivity index (χ2n) is 5.94. The van der Waals surface area contributed by atoms with Crippen LogP contribution in [0, 0.1) is 0 Å². The van der Waals surface area contributed by atoms with Crippen molar-refractivity contribution in [2.45, 2.75) is 45.3 Å². The van der Waals surface area contributed by atoms with E-state index in [4.69, 9.17) is 11.6 Å². The molecule has 144 valence electrons. The first-order valence-electron chi connectivity index (χ1n) is 8.39. The predicted molar refractivity (Wildman–Crippen MR) is 109 cm³/mol. The van der Waals surface area contributed by atoms with Crippen molar-refractivity contribution >= 4 is 49.7 Å². The summed E-state index contributed by atoms with van der Waals surface area (Å²) in [6.45, 7) is 2.71. The molecule has 0 fully saturated rings. The molecule has 2 heterocycles. The molecule has 2 rings (SSSR count). The van der Waals surface area contributed by atoms with Crippen LogP contribution in [0.2, 0.25) is 0 Å². The second-order valence-corrected chi connectivity index (χ2v) is 10.4. The van der Waals surface area contributed by atoms with Gasteiger partial charge in [0.05, 0.1) is 5.75 Å². The van der Waals surface area contributed by atoms with Crippen molar-refractivity contribution in [2.75, 3.05) is 5.75 Å². The lowest BCUT2D eigenvalue weighted by molar-refractivity contribution is 0.255. The second kappa shape index (κ2) is 10.4. The van der Waals surface area contributed by atoms with Gasteiger partial charge in [-0.25, -0.2) is 8.42 Å². The Morgan fingerprint density at radius 3 is 2.15 bits per heavy atom. The molecule has 0 saturated heterocycles. The standard InChI is InChI=1S/C17H23ClN2O3S3/c1-2-5-14(19-17(18)21)8-11-26(22,23)20(12-15-6-3-9-24-15)13-16-7-4-10-25-16/h3-4,6-7,9-10,14H,2,5,8,11-13H2,1H3,(H,19,21). The maximum absolute atomic E-state index is 13.0. The highest BCUT2D eigenvalue weighted by Gasteiger charge is 2.25. The molecule has 1 amide bonds. The van der Waals surface area contributed by atoms with Gasteiger partial charge in [0.2, 0.25) is 10.0 Å². The fourth-order valence-corrected chi connectivity index (χ4v) is 5.89. The Balaban J connectivity index is 2.08. The minimum Gasteiger partial charge on any atom is -0.340 e. The van der Waals surface area contributed by atoms with E-state index in [0.29, 0.717) is 25.9 Å². The van der Waals surface area contributed by atoms with Crippen molar-refractivity contribution in [3.8, 4) is 0 Å². The number of rotatable bonds is 11. The van der Waals surface area contributed by atoms with E-state index in [9.17, 15) is 13.2 Å². The molecule has 2 aromatic heterocycles. The summed E-state index contributed by atoms with van der Waals surface area (Å²) < 4.78 is 27.5. The smallest absolute Gasteiger partial charge is 0.314 e. The van der Waals surface area contributed by atoms with E-state index >= 15 is 0 Å². The topological polar surface area (TPSA) is 66.5 Å². The summed E-state index contributed by atoms with van der Waals surface area (Å²) in [5.41, 5.74) is 0. The Kier molecular flexibility index (Phi) is 8.56. The van der Waals surface area contributed by atoms with Crippen molar-refractivity contribution in [1.82, 2.24) is 9.62 Å². The molecule has 2 aromatic rings. The zero-order valence-corrected chi connectivity index (χ0v) is 17.8. The number of carbonyl (C=O) groups excluding carboxylic acids is 1. The van der Waals surface area contributed by atoms with Crippen molar-refractivity contribution in [2.24, 2.45) is 0 Å². The summed E-state index contributed by atoms with van der Waals surface area (Å²) in [6, 6.07) is 7.49. The van der Waals surface area contributed by atoms with E-state index in [1.54, 1.807) is 22.7 Å². The van der Waals surface area contributed by atoms with Gasteiger partial charge < -0.3 is 5.32 Å². The summed E-state index contributed by atoms with van der Waals surface area (Å²) in [5.74, 6) is -0.0222. The number of sulfonamides is 1. The molecule has 1 atom stereocenters. The number of nitrogens with zero attached hydrogens (tertiary/aromatic N) is 1. The van der Waals surface area contributed by atoms with Crippen LogP contribution in [0.5, 0.6) is 0 Å². The van der Waals surface area contributed by atoms with Crippen molar-refractivity contribution < 1.29 is 13.2 Å². The Morgan fingerprint density at radius 2 is 1.73 bits per heavy atom. The maximum Gasteiger partial charge on any atom is 0.314 e. The summed E-state index contributed by atoms with van der Waals surface area (Å²) in [7, 11) is -3.47. The molecule has 1 unspecified atom stereocenters. The number of thiophene rings is 2. The summed E-state index contributed by atoms with van der Waals surface area (Å²) in [5, 5.41) is 5.87. The lowest BCUT2D eigenvalue weighted by atomic mass is 10.1. The summed E-state index contributed by atoms with van der Waals surface area (Å²) in [4.78, 5) is 13.1. The molecule has 0 bridgehead atoms. The third kappa shape index (κ3) is 7.00. The first kappa shape index (κ1) is 21.4. The van der Waals surface area contributed by atoms with Crippen LogP contribution in [-0.4, -0.2) is 29.9 Å². The fourth-order valence-electron chi connectivity index (χ4n) is 2.62. The van der Waals surface area contributed by atoms with Crippen molar-refractivity contribution in [3.63, 3.8) is 0 Å². The molecule has 26 heavy (non-hydrogen) atoms. The monoisotopic (exact) mass is 434 g/mol. The van der Waals surface area contributed by atoms with Gasteiger partial charge in [-0.2, -0.15) is 4.31 Å². The number of nitrogens with one attached hydrogen (secondary N) is 1. The number of hydrogen-bond donors (Lipinski definition) is 1. The Bertz CT molecular complexity index is 725. The lowest BCUT2D eigenvalue weighted by Gasteiger charge is -2.23. The van der Waals surface area contributed by atoms with Crippen molar-refractivity contribution in [3.05, 3.63) is 44.8 Å². The largest absolute Gasteiger partial charge is 0.340 e. The van der Waals surface area contributed by atoms with Gasteiger partial charge in [0, 0.05) is 28.9 Å². The molecular weight excluding hydrogens is 412 g/mol. The van der Waals surface area contributed by atoms with Gasteiger partial charge in [0.15, 0.2) is 0 Å². The average Bonchev–Trinajstić information content (AvgIpc) is 3.25. The van der Waals surface area contributed by atoms with Crippen LogP contribution in [-0.2, 0) is 23.1 Å². The first-order valence-corrected chi connectivity index (χ1v) is 12.1. The fraction of sp³-hybridized carbons (Fsp3) is 0.471.